The Labute approximate surface area is 170 Å². The molecule has 0 saturated carbocycles. The van der Waals surface area contributed by atoms with Crippen LogP contribution in [0.1, 0.15) is 34.5 Å². The molecular weight excluding hydrogens is 396 g/mol. The van der Waals surface area contributed by atoms with Crippen molar-refractivity contribution in [3.8, 4) is 5.75 Å². The zero-order valence-electron chi connectivity index (χ0n) is 16.3. The lowest BCUT2D eigenvalue weighted by molar-refractivity contribution is 0.0775. The van der Waals surface area contributed by atoms with Crippen LogP contribution in [-0.4, -0.2) is 56.8 Å². The lowest BCUT2D eigenvalue weighted by atomic mass is 10.2. The number of piperidine rings is 1. The number of thiophene rings is 1. The standard InChI is InChI=1S/C20H26N2O4S2/c1-16-8-4-5-9-17(16)26-14-13-21(2)20(23)19-18(10-15-27-19)28(24,25)22-11-6-3-7-12-22/h4-5,8-10,15H,3,6-7,11-14H2,1-2H3. The first-order valence-corrected chi connectivity index (χ1v) is 11.7. The molecule has 1 amide bonds. The summed E-state index contributed by atoms with van der Waals surface area (Å²) in [6.07, 6.45) is 2.77. The molecule has 1 aliphatic heterocycles. The molecule has 152 valence electrons. The Bertz CT molecular complexity index is 918. The molecule has 3 rings (SSSR count). The van der Waals surface area contributed by atoms with Crippen molar-refractivity contribution in [2.45, 2.75) is 31.1 Å². The third kappa shape index (κ3) is 4.56. The molecule has 1 aromatic carbocycles. The molecule has 0 radical (unpaired) electrons. The van der Waals surface area contributed by atoms with Crippen LogP contribution in [0, 0.1) is 6.92 Å². The summed E-state index contributed by atoms with van der Waals surface area (Å²) in [7, 11) is -1.96. The average molecular weight is 423 g/mol. The van der Waals surface area contributed by atoms with E-state index in [0.29, 0.717) is 26.2 Å². The lowest BCUT2D eigenvalue weighted by Crippen LogP contribution is -2.37. The van der Waals surface area contributed by atoms with Crippen LogP contribution >= 0.6 is 11.3 Å². The van der Waals surface area contributed by atoms with Gasteiger partial charge < -0.3 is 9.64 Å². The lowest BCUT2D eigenvalue weighted by Gasteiger charge is -2.26. The largest absolute Gasteiger partial charge is 0.491 e. The van der Waals surface area contributed by atoms with Crippen LogP contribution in [-0.2, 0) is 10.0 Å². The number of carbonyl (C=O) groups is 1. The minimum atomic E-state index is -3.63. The molecule has 1 aliphatic rings. The number of rotatable bonds is 7. The number of benzene rings is 1. The minimum absolute atomic E-state index is 0.121. The number of ether oxygens (including phenoxy) is 1. The third-order valence-corrected chi connectivity index (χ3v) is 7.85. The van der Waals surface area contributed by atoms with E-state index in [0.717, 1.165) is 30.6 Å². The van der Waals surface area contributed by atoms with E-state index in [9.17, 15) is 13.2 Å². The number of hydrogen-bond acceptors (Lipinski definition) is 5. The van der Waals surface area contributed by atoms with E-state index in [-0.39, 0.29) is 15.7 Å². The average Bonchev–Trinajstić information content (AvgIpc) is 3.20. The van der Waals surface area contributed by atoms with Gasteiger partial charge in [0.25, 0.3) is 5.91 Å². The number of carbonyl (C=O) groups excluding carboxylic acids is 1. The van der Waals surface area contributed by atoms with Crippen molar-refractivity contribution in [3.63, 3.8) is 0 Å². The maximum absolute atomic E-state index is 13.0. The molecular formula is C20H26N2O4S2. The van der Waals surface area contributed by atoms with Gasteiger partial charge in [0, 0.05) is 20.1 Å². The molecule has 6 nitrogen and oxygen atoms in total. The molecule has 0 bridgehead atoms. The molecule has 1 aromatic heterocycles. The second-order valence-electron chi connectivity index (χ2n) is 6.92. The summed E-state index contributed by atoms with van der Waals surface area (Å²) < 4.78 is 33.2. The van der Waals surface area contributed by atoms with Crippen LogP contribution in [0.25, 0.3) is 0 Å². The number of aryl methyl sites for hydroxylation is 1. The number of likely N-dealkylation sites (N-methyl/N-ethyl adjacent to an activating group) is 1. The summed E-state index contributed by atoms with van der Waals surface area (Å²) in [5.41, 5.74) is 1.03. The SMILES string of the molecule is Cc1ccccc1OCCN(C)C(=O)c1sccc1S(=O)(=O)N1CCCCC1. The number of amides is 1. The van der Waals surface area contributed by atoms with Crippen LogP contribution in [0.15, 0.2) is 40.6 Å². The maximum Gasteiger partial charge on any atom is 0.265 e. The van der Waals surface area contributed by atoms with E-state index < -0.39 is 10.0 Å². The van der Waals surface area contributed by atoms with Crippen LogP contribution < -0.4 is 4.74 Å². The van der Waals surface area contributed by atoms with E-state index >= 15 is 0 Å². The molecule has 1 fully saturated rings. The van der Waals surface area contributed by atoms with Gasteiger partial charge in [0.2, 0.25) is 10.0 Å². The van der Waals surface area contributed by atoms with Gasteiger partial charge >= 0.3 is 0 Å². The summed E-state index contributed by atoms with van der Waals surface area (Å²) in [6.45, 7) is 3.71. The minimum Gasteiger partial charge on any atom is -0.491 e. The first-order valence-electron chi connectivity index (χ1n) is 9.43. The first-order chi connectivity index (χ1) is 13.4. The smallest absolute Gasteiger partial charge is 0.265 e. The topological polar surface area (TPSA) is 66.9 Å². The molecule has 0 spiro atoms. The normalized spacial score (nSPS) is 15.4. The van der Waals surface area contributed by atoms with Crippen molar-refractivity contribution in [3.05, 3.63) is 46.2 Å². The molecule has 28 heavy (non-hydrogen) atoms. The highest BCUT2D eigenvalue weighted by Crippen LogP contribution is 2.28. The van der Waals surface area contributed by atoms with Crippen LogP contribution in [0.5, 0.6) is 5.75 Å². The van der Waals surface area contributed by atoms with Gasteiger partial charge in [-0.1, -0.05) is 24.6 Å². The number of nitrogens with zero attached hydrogens (tertiary/aromatic N) is 2. The van der Waals surface area contributed by atoms with E-state index in [1.807, 2.05) is 31.2 Å². The van der Waals surface area contributed by atoms with Gasteiger partial charge in [-0.25, -0.2) is 8.42 Å². The Morgan fingerprint density at radius 3 is 2.61 bits per heavy atom. The quantitative estimate of drug-likeness (QED) is 0.686. The fourth-order valence-corrected chi connectivity index (χ4v) is 6.09. The first kappa shape index (κ1) is 20.8. The summed E-state index contributed by atoms with van der Waals surface area (Å²) in [5, 5.41) is 1.67. The molecule has 0 N–H and O–H groups in total. The van der Waals surface area contributed by atoms with Crippen LogP contribution in [0.4, 0.5) is 0 Å². The summed E-state index contributed by atoms with van der Waals surface area (Å²) in [6, 6.07) is 9.24. The Morgan fingerprint density at radius 2 is 1.89 bits per heavy atom. The Balaban J connectivity index is 1.66. The molecule has 0 unspecified atom stereocenters. The van der Waals surface area contributed by atoms with Gasteiger partial charge in [0.15, 0.2) is 0 Å². The molecule has 2 heterocycles. The summed E-state index contributed by atoms with van der Waals surface area (Å²) >= 11 is 1.17. The second-order valence-corrected chi connectivity index (χ2v) is 9.74. The Hall–Kier alpha value is -1.90. The van der Waals surface area contributed by atoms with Crippen molar-refractivity contribution < 1.29 is 17.9 Å². The molecule has 2 aromatic rings. The van der Waals surface area contributed by atoms with Gasteiger partial charge in [0.05, 0.1) is 6.54 Å². The number of para-hydroxylation sites is 1. The highest BCUT2D eigenvalue weighted by molar-refractivity contribution is 7.89. The maximum atomic E-state index is 13.0. The number of hydrogen-bond donors (Lipinski definition) is 0. The third-order valence-electron chi connectivity index (χ3n) is 4.88. The summed E-state index contributed by atoms with van der Waals surface area (Å²) in [5.74, 6) is 0.492. The van der Waals surface area contributed by atoms with Gasteiger partial charge in [0.1, 0.15) is 22.1 Å². The van der Waals surface area contributed by atoms with E-state index in [1.54, 1.807) is 18.5 Å². The fraction of sp³-hybridized carbons (Fsp3) is 0.450. The van der Waals surface area contributed by atoms with Crippen LogP contribution in [0.3, 0.4) is 0 Å². The van der Waals surface area contributed by atoms with Gasteiger partial charge in [-0.05, 0) is 42.8 Å². The molecule has 8 heteroatoms. The van der Waals surface area contributed by atoms with E-state index in [4.69, 9.17) is 4.74 Å². The van der Waals surface area contributed by atoms with Crippen molar-refractivity contribution in [2.75, 3.05) is 33.3 Å². The van der Waals surface area contributed by atoms with E-state index in [2.05, 4.69) is 0 Å². The van der Waals surface area contributed by atoms with Crippen LogP contribution in [0.2, 0.25) is 0 Å². The predicted octanol–water partition coefficient (Wildman–Crippen LogP) is 3.38. The zero-order valence-corrected chi connectivity index (χ0v) is 17.9. The molecule has 0 atom stereocenters. The highest BCUT2D eigenvalue weighted by Gasteiger charge is 2.31. The van der Waals surface area contributed by atoms with Crippen molar-refractivity contribution in [1.82, 2.24) is 9.21 Å². The van der Waals surface area contributed by atoms with E-state index in [1.165, 1.54) is 20.5 Å². The predicted molar refractivity (Wildman–Crippen MR) is 111 cm³/mol. The zero-order chi connectivity index (χ0) is 20.1. The molecule has 0 aliphatic carbocycles. The van der Waals surface area contributed by atoms with Crippen molar-refractivity contribution in [1.29, 1.82) is 0 Å². The summed E-state index contributed by atoms with van der Waals surface area (Å²) in [4.78, 5) is 14.8. The van der Waals surface area contributed by atoms with Crippen molar-refractivity contribution in [2.24, 2.45) is 0 Å². The van der Waals surface area contributed by atoms with Gasteiger partial charge in [-0.2, -0.15) is 4.31 Å². The van der Waals surface area contributed by atoms with Crippen molar-refractivity contribution >= 4 is 27.3 Å². The Morgan fingerprint density at radius 1 is 1.18 bits per heavy atom. The van der Waals surface area contributed by atoms with Gasteiger partial charge in [-0.3, -0.25) is 4.79 Å². The molecule has 1 saturated heterocycles. The highest BCUT2D eigenvalue weighted by atomic mass is 32.2. The number of sulfonamides is 1. The Kier molecular flexibility index (Phi) is 6.74. The second kappa shape index (κ2) is 9.07. The fourth-order valence-electron chi connectivity index (χ4n) is 3.19. The monoisotopic (exact) mass is 422 g/mol. The van der Waals surface area contributed by atoms with Gasteiger partial charge in [-0.15, -0.1) is 11.3 Å².